The van der Waals surface area contributed by atoms with Gasteiger partial charge in [-0.05, 0) is 49.8 Å². The van der Waals surface area contributed by atoms with E-state index in [9.17, 15) is 27.6 Å². The molecule has 0 radical (unpaired) electrons. The van der Waals surface area contributed by atoms with Crippen molar-refractivity contribution >= 4 is 64.2 Å². The SMILES string of the molecule is CCOC(=O)COc1c(Cl)cc(Cl)cc1/C=c1\sc2n(c1=O)[C@@H](c1ccc(Cl)cc1)C(C(=O)OCC)=C(C(F)(F)F)N=2. The number of carbonyl (C=O) groups excluding carboxylic acids is 2. The second kappa shape index (κ2) is 12.9. The number of allylic oxidation sites excluding steroid dienone is 1. The number of aromatic nitrogens is 1. The van der Waals surface area contributed by atoms with Crippen LogP contribution in [0.2, 0.25) is 15.1 Å². The lowest BCUT2D eigenvalue weighted by Gasteiger charge is -2.26. The summed E-state index contributed by atoms with van der Waals surface area (Å²) in [5.41, 5.74) is -2.79. The Morgan fingerprint density at radius 1 is 1.05 bits per heavy atom. The molecule has 222 valence electrons. The van der Waals surface area contributed by atoms with Crippen LogP contribution in [0.25, 0.3) is 6.08 Å². The Labute approximate surface area is 255 Å². The summed E-state index contributed by atoms with van der Waals surface area (Å²) in [4.78, 5) is 42.0. The number of alkyl halides is 3. The van der Waals surface area contributed by atoms with E-state index in [1.54, 1.807) is 6.92 Å². The zero-order valence-corrected chi connectivity index (χ0v) is 24.8. The molecule has 0 saturated heterocycles. The first-order chi connectivity index (χ1) is 19.8. The minimum atomic E-state index is -5.06. The summed E-state index contributed by atoms with van der Waals surface area (Å²) < 4.78 is 59.1. The van der Waals surface area contributed by atoms with Crippen LogP contribution in [0, 0.1) is 0 Å². The van der Waals surface area contributed by atoms with Crippen molar-refractivity contribution in [1.82, 2.24) is 4.57 Å². The Morgan fingerprint density at radius 2 is 1.71 bits per heavy atom. The molecular formula is C27H20Cl3F3N2O6S. The molecule has 8 nitrogen and oxygen atoms in total. The van der Waals surface area contributed by atoms with Crippen molar-refractivity contribution in [2.24, 2.45) is 4.99 Å². The molecule has 0 unspecified atom stereocenters. The van der Waals surface area contributed by atoms with Crippen molar-refractivity contribution in [3.63, 3.8) is 0 Å². The van der Waals surface area contributed by atoms with Crippen LogP contribution in [0.3, 0.4) is 0 Å². The van der Waals surface area contributed by atoms with Crippen molar-refractivity contribution in [1.29, 1.82) is 0 Å². The highest BCUT2D eigenvalue weighted by Gasteiger charge is 2.45. The van der Waals surface area contributed by atoms with Crippen LogP contribution >= 0.6 is 46.1 Å². The Morgan fingerprint density at radius 3 is 2.33 bits per heavy atom. The van der Waals surface area contributed by atoms with Gasteiger partial charge in [-0.1, -0.05) is 58.3 Å². The number of ether oxygens (including phenoxy) is 3. The number of rotatable bonds is 8. The Hall–Kier alpha value is -3.32. The average Bonchev–Trinajstić information content (AvgIpc) is 3.22. The number of thiazole rings is 1. The Kier molecular flexibility index (Phi) is 9.71. The van der Waals surface area contributed by atoms with E-state index in [0.29, 0.717) is 11.3 Å². The molecule has 0 bridgehead atoms. The molecule has 15 heteroatoms. The van der Waals surface area contributed by atoms with E-state index in [-0.39, 0.29) is 54.5 Å². The molecule has 1 atom stereocenters. The maximum Gasteiger partial charge on any atom is 0.434 e. The van der Waals surface area contributed by atoms with Crippen molar-refractivity contribution in [3.05, 3.63) is 93.6 Å². The summed E-state index contributed by atoms with van der Waals surface area (Å²) in [5, 5.41) is 0.455. The van der Waals surface area contributed by atoms with Gasteiger partial charge in [0.1, 0.15) is 5.75 Å². The van der Waals surface area contributed by atoms with Gasteiger partial charge in [-0.25, -0.2) is 14.6 Å². The van der Waals surface area contributed by atoms with E-state index < -0.39 is 47.6 Å². The van der Waals surface area contributed by atoms with Crippen molar-refractivity contribution in [2.75, 3.05) is 19.8 Å². The fourth-order valence-electron chi connectivity index (χ4n) is 4.12. The third kappa shape index (κ3) is 6.67. The summed E-state index contributed by atoms with van der Waals surface area (Å²) in [7, 11) is 0. The van der Waals surface area contributed by atoms with Crippen LogP contribution in [0.15, 0.2) is 57.5 Å². The fraction of sp³-hybridized carbons (Fsp3) is 0.259. The zero-order chi connectivity index (χ0) is 30.8. The van der Waals surface area contributed by atoms with Crippen molar-refractivity contribution in [3.8, 4) is 5.75 Å². The molecule has 2 aromatic carbocycles. The molecule has 4 rings (SSSR count). The predicted molar refractivity (Wildman–Crippen MR) is 151 cm³/mol. The first-order valence-corrected chi connectivity index (χ1v) is 14.1. The zero-order valence-electron chi connectivity index (χ0n) is 21.8. The van der Waals surface area contributed by atoms with Gasteiger partial charge in [0.15, 0.2) is 17.1 Å². The minimum Gasteiger partial charge on any atom is -0.480 e. The Bertz CT molecular complexity index is 1750. The summed E-state index contributed by atoms with van der Waals surface area (Å²) in [6.07, 6.45) is -3.77. The fourth-order valence-corrected chi connectivity index (χ4v) is 5.80. The topological polar surface area (TPSA) is 96.2 Å². The van der Waals surface area contributed by atoms with E-state index >= 15 is 0 Å². The number of hydrogen-bond acceptors (Lipinski definition) is 8. The highest BCUT2D eigenvalue weighted by Crippen LogP contribution is 2.39. The van der Waals surface area contributed by atoms with Gasteiger partial charge in [-0.2, -0.15) is 13.2 Å². The van der Waals surface area contributed by atoms with Crippen molar-refractivity contribution in [2.45, 2.75) is 26.1 Å². The second-order valence-electron chi connectivity index (χ2n) is 8.51. The van der Waals surface area contributed by atoms with E-state index in [4.69, 9.17) is 49.0 Å². The van der Waals surface area contributed by atoms with E-state index in [1.165, 1.54) is 49.4 Å². The molecule has 0 aliphatic carbocycles. The van der Waals surface area contributed by atoms with Gasteiger partial charge >= 0.3 is 18.1 Å². The number of carbonyl (C=O) groups is 2. The molecule has 1 aliphatic heterocycles. The van der Waals surface area contributed by atoms with Crippen LogP contribution in [-0.4, -0.2) is 42.5 Å². The molecule has 0 N–H and O–H groups in total. The van der Waals surface area contributed by atoms with E-state index in [0.717, 1.165) is 4.57 Å². The van der Waals surface area contributed by atoms with Gasteiger partial charge in [-0.3, -0.25) is 9.36 Å². The first kappa shape index (κ1) is 31.6. The van der Waals surface area contributed by atoms with Crippen LogP contribution in [0.1, 0.15) is 31.0 Å². The average molecular weight is 664 g/mol. The van der Waals surface area contributed by atoms with Gasteiger partial charge in [0.05, 0.1) is 34.4 Å². The largest absolute Gasteiger partial charge is 0.480 e. The molecule has 1 aromatic heterocycles. The monoisotopic (exact) mass is 662 g/mol. The van der Waals surface area contributed by atoms with Gasteiger partial charge < -0.3 is 14.2 Å². The van der Waals surface area contributed by atoms with Gasteiger partial charge in [0, 0.05) is 15.6 Å². The molecule has 0 fully saturated rings. The predicted octanol–water partition coefficient (Wildman–Crippen LogP) is 5.24. The van der Waals surface area contributed by atoms with Gasteiger partial charge in [-0.15, -0.1) is 0 Å². The number of fused-ring (bicyclic) bond motifs is 1. The first-order valence-electron chi connectivity index (χ1n) is 12.2. The normalized spacial score (nSPS) is 15.2. The van der Waals surface area contributed by atoms with E-state index in [1.807, 2.05) is 0 Å². The van der Waals surface area contributed by atoms with Crippen LogP contribution in [0.5, 0.6) is 5.75 Å². The highest BCUT2D eigenvalue weighted by molar-refractivity contribution is 7.07. The third-order valence-corrected chi connectivity index (χ3v) is 7.48. The number of benzene rings is 2. The van der Waals surface area contributed by atoms with Crippen molar-refractivity contribution < 1.29 is 37.0 Å². The maximum atomic E-state index is 14.3. The van der Waals surface area contributed by atoms with Crippen LogP contribution in [-0.2, 0) is 19.1 Å². The number of hydrogen-bond donors (Lipinski definition) is 0. The van der Waals surface area contributed by atoms with Crippen LogP contribution < -0.4 is 19.6 Å². The molecule has 42 heavy (non-hydrogen) atoms. The molecule has 2 heterocycles. The standard InChI is InChI=1S/C27H20Cl3F3N2O6S/c1-3-39-19(36)12-41-22-14(9-16(29)11-17(22)30)10-18-24(37)35-21(13-5-7-15(28)8-6-13)20(25(38)40-4-2)23(27(31,32)33)34-26(35)42-18/h5-11,21H,3-4,12H2,1-2H3/b18-10-/t21-/m0/s1. The smallest absolute Gasteiger partial charge is 0.434 e. The molecule has 1 aliphatic rings. The summed E-state index contributed by atoms with van der Waals surface area (Å²) in [6.45, 7) is 2.46. The lowest BCUT2D eigenvalue weighted by atomic mass is 9.95. The highest BCUT2D eigenvalue weighted by atomic mass is 35.5. The molecule has 0 amide bonds. The molecule has 3 aromatic rings. The van der Waals surface area contributed by atoms with Gasteiger partial charge in [0.2, 0.25) is 0 Å². The lowest BCUT2D eigenvalue weighted by molar-refractivity contribution is -0.145. The number of nitrogens with zero attached hydrogens (tertiary/aromatic N) is 2. The number of halogens is 6. The second-order valence-corrected chi connectivity index (χ2v) is 10.8. The van der Waals surface area contributed by atoms with Crippen LogP contribution in [0.4, 0.5) is 13.2 Å². The summed E-state index contributed by atoms with van der Waals surface area (Å²) in [6, 6.07) is 6.85. The Balaban J connectivity index is 1.98. The quantitative estimate of drug-likeness (QED) is 0.306. The molecule has 0 saturated carbocycles. The minimum absolute atomic E-state index is 0.00817. The molecular weight excluding hydrogens is 644 g/mol. The number of esters is 2. The maximum absolute atomic E-state index is 14.3. The third-order valence-electron chi connectivity index (χ3n) is 5.74. The molecule has 0 spiro atoms. The van der Waals surface area contributed by atoms with Gasteiger partial charge in [0.25, 0.3) is 5.56 Å². The summed E-state index contributed by atoms with van der Waals surface area (Å²) >= 11 is 19.1. The lowest BCUT2D eigenvalue weighted by Crippen LogP contribution is -2.41. The summed E-state index contributed by atoms with van der Waals surface area (Å²) in [5.74, 6) is -1.97. The van der Waals surface area contributed by atoms with E-state index in [2.05, 4.69) is 4.99 Å².